The van der Waals surface area contributed by atoms with Crippen molar-refractivity contribution in [2.24, 2.45) is 0 Å². The number of ether oxygens (including phenoxy) is 1. The molecule has 0 aliphatic heterocycles. The second-order valence-electron chi connectivity index (χ2n) is 5.36. The number of nitrogens with one attached hydrogen (secondary N) is 1. The van der Waals surface area contributed by atoms with Gasteiger partial charge in [0, 0.05) is 6.42 Å². The number of fused-ring (bicyclic) bond motifs is 1. The van der Waals surface area contributed by atoms with Crippen LogP contribution in [-0.4, -0.2) is 27.7 Å². The SMILES string of the molecule is CCOc1ccc(Cc2nc3ccc(CC(=O)O)cc3[nH]2)cc1. The Morgan fingerprint density at radius 2 is 1.91 bits per heavy atom. The van der Waals surface area contributed by atoms with E-state index < -0.39 is 5.97 Å². The molecule has 23 heavy (non-hydrogen) atoms. The average molecular weight is 310 g/mol. The monoisotopic (exact) mass is 310 g/mol. The van der Waals surface area contributed by atoms with Crippen molar-refractivity contribution in [2.45, 2.75) is 19.8 Å². The third-order valence-corrected chi connectivity index (χ3v) is 3.56. The zero-order chi connectivity index (χ0) is 16.2. The predicted octanol–water partition coefficient (Wildman–Crippen LogP) is 3.18. The van der Waals surface area contributed by atoms with Crippen LogP contribution < -0.4 is 4.74 Å². The van der Waals surface area contributed by atoms with Gasteiger partial charge in [0.1, 0.15) is 11.6 Å². The maximum atomic E-state index is 10.8. The lowest BCUT2D eigenvalue weighted by Gasteiger charge is -2.03. The zero-order valence-electron chi connectivity index (χ0n) is 12.9. The van der Waals surface area contributed by atoms with E-state index in [0.29, 0.717) is 13.0 Å². The first kappa shape index (κ1) is 15.1. The largest absolute Gasteiger partial charge is 0.494 e. The molecular formula is C18H18N2O3. The van der Waals surface area contributed by atoms with Crippen LogP contribution >= 0.6 is 0 Å². The molecule has 0 atom stereocenters. The summed E-state index contributed by atoms with van der Waals surface area (Å²) in [4.78, 5) is 18.6. The first-order chi connectivity index (χ1) is 11.1. The van der Waals surface area contributed by atoms with Crippen LogP contribution in [0.1, 0.15) is 23.9 Å². The van der Waals surface area contributed by atoms with Gasteiger partial charge in [-0.3, -0.25) is 4.79 Å². The van der Waals surface area contributed by atoms with E-state index in [-0.39, 0.29) is 6.42 Å². The van der Waals surface area contributed by atoms with E-state index in [1.165, 1.54) is 0 Å². The van der Waals surface area contributed by atoms with Crippen molar-refractivity contribution in [1.82, 2.24) is 9.97 Å². The van der Waals surface area contributed by atoms with Crippen molar-refractivity contribution >= 4 is 17.0 Å². The number of aliphatic carboxylic acids is 1. The third kappa shape index (κ3) is 3.69. The van der Waals surface area contributed by atoms with Crippen LogP contribution in [0.4, 0.5) is 0 Å². The summed E-state index contributed by atoms with van der Waals surface area (Å²) in [5.41, 5.74) is 3.62. The van der Waals surface area contributed by atoms with Crippen LogP contribution in [0.2, 0.25) is 0 Å². The molecule has 5 nitrogen and oxygen atoms in total. The fourth-order valence-corrected chi connectivity index (χ4v) is 2.54. The van der Waals surface area contributed by atoms with Crippen molar-refractivity contribution in [3.05, 3.63) is 59.4 Å². The summed E-state index contributed by atoms with van der Waals surface area (Å²) in [5.74, 6) is 0.884. The van der Waals surface area contributed by atoms with Crippen LogP contribution in [0.3, 0.4) is 0 Å². The summed E-state index contributed by atoms with van der Waals surface area (Å²) >= 11 is 0. The number of aromatic amines is 1. The number of benzene rings is 2. The van der Waals surface area contributed by atoms with Crippen molar-refractivity contribution in [3.8, 4) is 5.75 Å². The summed E-state index contributed by atoms with van der Waals surface area (Å²) in [6.45, 7) is 2.61. The minimum Gasteiger partial charge on any atom is -0.494 e. The second-order valence-corrected chi connectivity index (χ2v) is 5.36. The Morgan fingerprint density at radius 1 is 1.17 bits per heavy atom. The van der Waals surface area contributed by atoms with E-state index in [9.17, 15) is 4.79 Å². The van der Waals surface area contributed by atoms with Crippen molar-refractivity contribution < 1.29 is 14.6 Å². The molecule has 0 aliphatic rings. The molecule has 3 rings (SSSR count). The summed E-state index contributed by atoms with van der Waals surface area (Å²) in [5, 5.41) is 8.86. The number of nitrogens with zero attached hydrogens (tertiary/aromatic N) is 1. The highest BCUT2D eigenvalue weighted by Gasteiger charge is 2.07. The Balaban J connectivity index is 1.78. The summed E-state index contributed by atoms with van der Waals surface area (Å²) in [6, 6.07) is 13.4. The highest BCUT2D eigenvalue weighted by atomic mass is 16.5. The molecule has 2 N–H and O–H groups in total. The van der Waals surface area contributed by atoms with Crippen LogP contribution in [0.15, 0.2) is 42.5 Å². The summed E-state index contributed by atoms with van der Waals surface area (Å²) in [6.07, 6.45) is 0.707. The number of aromatic nitrogens is 2. The van der Waals surface area contributed by atoms with E-state index in [2.05, 4.69) is 9.97 Å². The smallest absolute Gasteiger partial charge is 0.307 e. The molecule has 0 bridgehead atoms. The lowest BCUT2D eigenvalue weighted by atomic mass is 10.1. The van der Waals surface area contributed by atoms with Gasteiger partial charge in [-0.15, -0.1) is 0 Å². The van der Waals surface area contributed by atoms with E-state index >= 15 is 0 Å². The lowest BCUT2D eigenvalue weighted by molar-refractivity contribution is -0.136. The standard InChI is InChI=1S/C18H18N2O3/c1-2-23-14-6-3-12(4-7-14)10-17-19-15-8-5-13(11-18(21)22)9-16(15)20-17/h3-9H,2,10-11H2,1H3,(H,19,20)(H,21,22). The second kappa shape index (κ2) is 6.52. The molecule has 0 radical (unpaired) electrons. The molecule has 0 fully saturated rings. The van der Waals surface area contributed by atoms with Gasteiger partial charge in [-0.2, -0.15) is 0 Å². The maximum absolute atomic E-state index is 10.8. The molecule has 0 saturated carbocycles. The fourth-order valence-electron chi connectivity index (χ4n) is 2.54. The molecule has 0 amide bonds. The molecule has 0 saturated heterocycles. The number of hydrogen-bond acceptors (Lipinski definition) is 3. The Morgan fingerprint density at radius 3 is 2.61 bits per heavy atom. The van der Waals surface area contributed by atoms with Gasteiger partial charge in [0.25, 0.3) is 0 Å². The molecule has 5 heteroatoms. The van der Waals surface area contributed by atoms with Crippen molar-refractivity contribution in [1.29, 1.82) is 0 Å². The average Bonchev–Trinajstić information content (AvgIpc) is 2.90. The van der Waals surface area contributed by atoms with Gasteiger partial charge in [0.05, 0.1) is 24.1 Å². The normalized spacial score (nSPS) is 10.8. The van der Waals surface area contributed by atoms with Gasteiger partial charge in [-0.05, 0) is 42.3 Å². The molecule has 0 spiro atoms. The Hall–Kier alpha value is -2.82. The minimum atomic E-state index is -0.835. The van der Waals surface area contributed by atoms with Crippen LogP contribution in [0.5, 0.6) is 5.75 Å². The minimum absolute atomic E-state index is 0.0170. The van der Waals surface area contributed by atoms with Gasteiger partial charge in [-0.1, -0.05) is 18.2 Å². The highest BCUT2D eigenvalue weighted by molar-refractivity contribution is 5.78. The molecule has 3 aromatic rings. The van der Waals surface area contributed by atoms with E-state index in [4.69, 9.17) is 9.84 Å². The van der Waals surface area contributed by atoms with Gasteiger partial charge in [-0.25, -0.2) is 4.98 Å². The number of rotatable bonds is 6. The number of hydrogen-bond donors (Lipinski definition) is 2. The van der Waals surface area contributed by atoms with Crippen molar-refractivity contribution in [2.75, 3.05) is 6.61 Å². The zero-order valence-corrected chi connectivity index (χ0v) is 12.9. The molecule has 1 aromatic heterocycles. The summed E-state index contributed by atoms with van der Waals surface area (Å²) in [7, 11) is 0. The molecule has 0 unspecified atom stereocenters. The fraction of sp³-hybridized carbons (Fsp3) is 0.222. The van der Waals surface area contributed by atoms with Gasteiger partial charge >= 0.3 is 5.97 Å². The quantitative estimate of drug-likeness (QED) is 0.733. The first-order valence-corrected chi connectivity index (χ1v) is 7.55. The number of H-pyrrole nitrogens is 1. The van der Waals surface area contributed by atoms with E-state index in [0.717, 1.165) is 33.7 Å². The van der Waals surface area contributed by atoms with E-state index in [1.54, 1.807) is 6.07 Å². The summed E-state index contributed by atoms with van der Waals surface area (Å²) < 4.78 is 5.43. The molecule has 1 heterocycles. The first-order valence-electron chi connectivity index (χ1n) is 7.55. The molecule has 2 aromatic carbocycles. The number of carbonyl (C=O) groups is 1. The van der Waals surface area contributed by atoms with Gasteiger partial charge in [0.2, 0.25) is 0 Å². The molecule has 118 valence electrons. The maximum Gasteiger partial charge on any atom is 0.307 e. The predicted molar refractivity (Wildman–Crippen MR) is 87.9 cm³/mol. The van der Waals surface area contributed by atoms with Gasteiger partial charge < -0.3 is 14.8 Å². The lowest BCUT2D eigenvalue weighted by Crippen LogP contribution is -1.99. The van der Waals surface area contributed by atoms with E-state index in [1.807, 2.05) is 43.3 Å². The number of carboxylic acids is 1. The Bertz CT molecular complexity index is 822. The topological polar surface area (TPSA) is 75.2 Å². The van der Waals surface area contributed by atoms with Crippen LogP contribution in [0.25, 0.3) is 11.0 Å². The van der Waals surface area contributed by atoms with Gasteiger partial charge in [0.15, 0.2) is 0 Å². The highest BCUT2D eigenvalue weighted by Crippen LogP contribution is 2.18. The molecular weight excluding hydrogens is 292 g/mol. The molecule has 0 aliphatic carbocycles. The number of imidazole rings is 1. The Kier molecular flexibility index (Phi) is 4.28. The van der Waals surface area contributed by atoms with Crippen molar-refractivity contribution in [3.63, 3.8) is 0 Å². The third-order valence-electron chi connectivity index (χ3n) is 3.56. The number of carboxylic acid groups (broad SMARTS) is 1. The Labute approximate surface area is 133 Å². The van der Waals surface area contributed by atoms with Crippen LogP contribution in [-0.2, 0) is 17.6 Å². The van der Waals surface area contributed by atoms with Crippen LogP contribution in [0, 0.1) is 0 Å².